The SMILES string of the molecule is C=C(CCC[SiH3])C(=O)O[SiH2]O[SiH2]O[SiH2]O[SiH2]O[SiH3]. The van der Waals surface area contributed by atoms with Crippen molar-refractivity contribution in [2.24, 2.45) is 0 Å². The first-order chi connectivity index (χ1) is 8.72. The summed E-state index contributed by atoms with van der Waals surface area (Å²) in [6.45, 7) is 3.71. The summed E-state index contributed by atoms with van der Waals surface area (Å²) in [5.74, 6) is -0.309. The van der Waals surface area contributed by atoms with E-state index in [1.54, 1.807) is 0 Å². The Hall–Kier alpha value is 0.351. The molecule has 0 N–H and O–H groups in total. The molecule has 0 atom stereocenters. The maximum absolute atomic E-state index is 11.4. The molecular formula is C6H22O6Si6. The highest BCUT2D eigenvalue weighted by Crippen LogP contribution is 2.05. The Morgan fingerprint density at radius 1 is 1.11 bits per heavy atom. The standard InChI is InChI=1S/C6H22O6Si6/c1-5(3-2-4-13)6(7)8-15-10-17-12-18-11-16-9-14/h1-4,15-18H2,13-14H3. The molecule has 0 saturated heterocycles. The third kappa shape index (κ3) is 11.4. The Labute approximate surface area is 123 Å². The van der Waals surface area contributed by atoms with Crippen LogP contribution in [-0.2, 0) is 25.7 Å². The van der Waals surface area contributed by atoms with Gasteiger partial charge in [-0.1, -0.05) is 19.0 Å². The van der Waals surface area contributed by atoms with Crippen LogP contribution in [0.5, 0.6) is 0 Å². The molecule has 0 fully saturated rings. The Kier molecular flexibility index (Phi) is 14.0. The first-order valence-corrected chi connectivity index (χ1v) is 12.6. The summed E-state index contributed by atoms with van der Waals surface area (Å²) in [4.78, 5) is 11.4. The van der Waals surface area contributed by atoms with Gasteiger partial charge in [-0.2, -0.15) is 0 Å². The molecule has 0 aromatic carbocycles. The second kappa shape index (κ2) is 13.8. The minimum Gasteiger partial charge on any atom is -0.497 e. The van der Waals surface area contributed by atoms with Gasteiger partial charge in [-0.25, -0.2) is 4.79 Å². The quantitative estimate of drug-likeness (QED) is 0.198. The summed E-state index contributed by atoms with van der Waals surface area (Å²) in [7, 11) is -2.06. The third-order valence-electron chi connectivity index (χ3n) is 1.93. The van der Waals surface area contributed by atoms with E-state index in [1.807, 2.05) is 0 Å². The maximum Gasteiger partial charge on any atom is 0.360 e. The molecule has 106 valence electrons. The van der Waals surface area contributed by atoms with Crippen LogP contribution in [-0.4, -0.2) is 66.7 Å². The van der Waals surface area contributed by atoms with E-state index < -0.39 is 40.0 Å². The van der Waals surface area contributed by atoms with Crippen molar-refractivity contribution in [3.63, 3.8) is 0 Å². The Morgan fingerprint density at radius 2 is 1.72 bits per heavy atom. The monoisotopic (exact) mass is 358 g/mol. The van der Waals surface area contributed by atoms with Gasteiger partial charge in [-0.05, 0) is 6.42 Å². The van der Waals surface area contributed by atoms with Gasteiger partial charge >= 0.3 is 16.0 Å². The van der Waals surface area contributed by atoms with Crippen molar-refractivity contribution in [2.45, 2.75) is 18.9 Å². The summed E-state index contributed by atoms with van der Waals surface area (Å²) in [5, 5.41) is 0. The van der Waals surface area contributed by atoms with Crippen LogP contribution >= 0.6 is 0 Å². The van der Waals surface area contributed by atoms with E-state index in [0.717, 1.165) is 33.6 Å². The lowest BCUT2D eigenvalue weighted by Gasteiger charge is -2.08. The molecule has 18 heavy (non-hydrogen) atoms. The smallest absolute Gasteiger partial charge is 0.360 e. The van der Waals surface area contributed by atoms with Crippen molar-refractivity contribution in [1.82, 2.24) is 0 Å². The summed E-state index contributed by atoms with van der Waals surface area (Å²) >= 11 is 0. The van der Waals surface area contributed by atoms with Gasteiger partial charge in [0.05, 0.1) is 0 Å². The van der Waals surface area contributed by atoms with E-state index >= 15 is 0 Å². The highest BCUT2D eigenvalue weighted by atomic mass is 28.4. The van der Waals surface area contributed by atoms with Crippen molar-refractivity contribution >= 4 is 66.7 Å². The molecule has 0 unspecified atom stereocenters. The molecule has 0 aliphatic rings. The van der Waals surface area contributed by atoms with Crippen molar-refractivity contribution in [1.29, 1.82) is 0 Å². The van der Waals surface area contributed by atoms with Crippen LogP contribution in [0.2, 0.25) is 6.04 Å². The van der Waals surface area contributed by atoms with E-state index in [-0.39, 0.29) is 5.97 Å². The minimum absolute atomic E-state index is 0.309. The van der Waals surface area contributed by atoms with Crippen molar-refractivity contribution in [3.8, 4) is 0 Å². The second-order valence-electron chi connectivity index (χ2n) is 3.51. The molecule has 12 heteroatoms. The first-order valence-electron chi connectivity index (χ1n) is 5.79. The zero-order valence-electron chi connectivity index (χ0n) is 11.1. The van der Waals surface area contributed by atoms with Gasteiger partial charge in [0.1, 0.15) is 10.5 Å². The molecule has 0 bridgehead atoms. The van der Waals surface area contributed by atoms with E-state index in [1.165, 1.54) is 6.04 Å². The fourth-order valence-corrected chi connectivity index (χ4v) is 8.04. The van der Waals surface area contributed by atoms with Gasteiger partial charge < -0.3 is 20.9 Å². The van der Waals surface area contributed by atoms with Crippen LogP contribution < -0.4 is 0 Å². The molecule has 0 aromatic rings. The number of hydrogen-bond donors (Lipinski definition) is 0. The normalized spacial score (nSPS) is 13.3. The van der Waals surface area contributed by atoms with Crippen LogP contribution in [0.15, 0.2) is 12.2 Å². The van der Waals surface area contributed by atoms with Crippen LogP contribution in [0.1, 0.15) is 12.8 Å². The van der Waals surface area contributed by atoms with Crippen LogP contribution in [0.25, 0.3) is 0 Å². The Bertz CT molecular complexity index is 241. The molecular weight excluding hydrogens is 337 g/mol. The van der Waals surface area contributed by atoms with E-state index in [9.17, 15) is 4.79 Å². The average molecular weight is 359 g/mol. The second-order valence-corrected chi connectivity index (χ2v) is 13.0. The van der Waals surface area contributed by atoms with Crippen LogP contribution in [0.4, 0.5) is 0 Å². The lowest BCUT2D eigenvalue weighted by Crippen LogP contribution is -2.19. The summed E-state index contributed by atoms with van der Waals surface area (Å²) < 4.78 is 25.8. The largest absolute Gasteiger partial charge is 0.497 e. The lowest BCUT2D eigenvalue weighted by molar-refractivity contribution is -0.130. The zero-order chi connectivity index (χ0) is 13.6. The van der Waals surface area contributed by atoms with Crippen LogP contribution in [0, 0.1) is 0 Å². The van der Waals surface area contributed by atoms with Gasteiger partial charge in [0.15, 0.2) is 0 Å². The van der Waals surface area contributed by atoms with Crippen molar-refractivity contribution in [2.75, 3.05) is 0 Å². The van der Waals surface area contributed by atoms with Crippen LogP contribution in [0.3, 0.4) is 0 Å². The predicted octanol–water partition coefficient (Wildman–Crippen LogP) is -5.01. The molecule has 0 aliphatic heterocycles. The average Bonchev–Trinajstić information content (AvgIpc) is 2.38. The molecule has 0 heterocycles. The van der Waals surface area contributed by atoms with E-state index in [4.69, 9.17) is 20.9 Å². The summed E-state index contributed by atoms with van der Waals surface area (Å²) in [5.41, 5.74) is 0.553. The number of rotatable bonds is 12. The topological polar surface area (TPSA) is 63.2 Å². The van der Waals surface area contributed by atoms with Crippen molar-refractivity contribution in [3.05, 3.63) is 12.2 Å². The van der Waals surface area contributed by atoms with E-state index in [0.29, 0.717) is 5.57 Å². The lowest BCUT2D eigenvalue weighted by atomic mass is 10.2. The third-order valence-corrected chi connectivity index (χ3v) is 7.96. The van der Waals surface area contributed by atoms with Crippen molar-refractivity contribution < 1.29 is 25.7 Å². The fraction of sp³-hybridized carbons (Fsp3) is 0.500. The van der Waals surface area contributed by atoms with Gasteiger partial charge in [0, 0.05) is 15.8 Å². The summed E-state index contributed by atoms with van der Waals surface area (Å²) in [6, 6.07) is 1.18. The Balaban J connectivity index is 3.32. The van der Waals surface area contributed by atoms with Gasteiger partial charge in [-0.3, -0.25) is 0 Å². The van der Waals surface area contributed by atoms with E-state index in [2.05, 4.69) is 6.58 Å². The molecule has 0 aliphatic carbocycles. The highest BCUT2D eigenvalue weighted by molar-refractivity contribution is 6.45. The molecule has 0 aromatic heterocycles. The molecule has 0 radical (unpaired) electrons. The molecule has 6 nitrogen and oxygen atoms in total. The van der Waals surface area contributed by atoms with Gasteiger partial charge in [-0.15, -0.1) is 0 Å². The van der Waals surface area contributed by atoms with Gasteiger partial charge in [0.25, 0.3) is 30.0 Å². The number of hydrogen-bond acceptors (Lipinski definition) is 6. The first kappa shape index (κ1) is 18.4. The molecule has 0 saturated carbocycles. The zero-order valence-corrected chi connectivity index (χ0v) is 20.8. The minimum atomic E-state index is -1.25. The fourth-order valence-electron chi connectivity index (χ4n) is 0.993. The molecule has 0 rings (SSSR count). The summed E-state index contributed by atoms with van der Waals surface area (Å²) in [6.07, 6.45) is 1.76. The molecule has 0 spiro atoms. The maximum atomic E-state index is 11.4. The number of carbonyl (C=O) groups is 1. The predicted molar refractivity (Wildman–Crippen MR) is 87.7 cm³/mol. The Morgan fingerprint density at radius 3 is 2.33 bits per heavy atom. The molecule has 0 amide bonds. The highest BCUT2D eigenvalue weighted by Gasteiger charge is 2.07. The van der Waals surface area contributed by atoms with Gasteiger partial charge in [0.2, 0.25) is 0 Å². The number of carbonyl (C=O) groups excluding carboxylic acids is 1.